The van der Waals surface area contributed by atoms with Gasteiger partial charge in [0.05, 0.1) is 15.2 Å². The Balaban J connectivity index is 1.29. The summed E-state index contributed by atoms with van der Waals surface area (Å²) in [5.74, 6) is 0.0172. The third kappa shape index (κ3) is 6.03. The van der Waals surface area contributed by atoms with Gasteiger partial charge in [-0.25, -0.2) is 4.98 Å². The van der Waals surface area contributed by atoms with Crippen LogP contribution >= 0.6 is 11.3 Å². The molecule has 2 atom stereocenters. The van der Waals surface area contributed by atoms with E-state index in [4.69, 9.17) is 4.74 Å². The predicted octanol–water partition coefficient (Wildman–Crippen LogP) is 4.25. The number of nitrogens with one attached hydrogen (secondary N) is 1. The Morgan fingerprint density at radius 3 is 2.85 bits per heavy atom. The van der Waals surface area contributed by atoms with Gasteiger partial charge in [0, 0.05) is 12.5 Å². The third-order valence-electron chi connectivity index (χ3n) is 5.18. The highest BCUT2D eigenvalue weighted by molar-refractivity contribution is 7.18. The van der Waals surface area contributed by atoms with Gasteiger partial charge < -0.3 is 10.1 Å². The first-order valence-corrected chi connectivity index (χ1v) is 10.7. The van der Waals surface area contributed by atoms with Gasteiger partial charge in [-0.2, -0.15) is 0 Å². The van der Waals surface area contributed by atoms with Gasteiger partial charge in [0.2, 0.25) is 0 Å². The molecule has 1 aliphatic carbocycles. The molecule has 6 heteroatoms. The lowest BCUT2D eigenvalue weighted by atomic mass is 9.86. The van der Waals surface area contributed by atoms with Crippen LogP contribution in [0.2, 0.25) is 0 Å². The number of hydrogen-bond acceptors (Lipinski definition) is 5. The number of ether oxygens (including phenoxy) is 1. The van der Waals surface area contributed by atoms with E-state index >= 15 is 0 Å². The van der Waals surface area contributed by atoms with E-state index in [9.17, 15) is 9.59 Å². The van der Waals surface area contributed by atoms with Crippen molar-refractivity contribution in [2.24, 2.45) is 5.92 Å². The van der Waals surface area contributed by atoms with Crippen molar-refractivity contribution in [2.75, 3.05) is 6.61 Å². The maximum absolute atomic E-state index is 12.0. The fourth-order valence-electron chi connectivity index (χ4n) is 3.57. The quantitative estimate of drug-likeness (QED) is 0.542. The van der Waals surface area contributed by atoms with Crippen molar-refractivity contribution < 1.29 is 14.3 Å². The van der Waals surface area contributed by atoms with E-state index < -0.39 is 0 Å². The Bertz CT molecular complexity index is 741. The van der Waals surface area contributed by atoms with Crippen molar-refractivity contribution in [3.63, 3.8) is 0 Å². The van der Waals surface area contributed by atoms with Crippen LogP contribution < -0.4 is 5.32 Å². The molecule has 0 aliphatic heterocycles. The number of rotatable bonds is 8. The fraction of sp³-hybridized carbons (Fsp3) is 0.571. The predicted molar refractivity (Wildman–Crippen MR) is 108 cm³/mol. The molecule has 3 rings (SSSR count). The van der Waals surface area contributed by atoms with E-state index in [1.54, 1.807) is 11.3 Å². The van der Waals surface area contributed by atoms with Crippen LogP contribution in [0.1, 0.15) is 56.9 Å². The number of thiazole rings is 1. The number of aryl methyl sites for hydroxylation is 1. The molecule has 0 spiro atoms. The third-order valence-corrected chi connectivity index (χ3v) is 6.28. The zero-order chi connectivity index (χ0) is 19.1. The molecular weight excluding hydrogens is 360 g/mol. The van der Waals surface area contributed by atoms with E-state index in [2.05, 4.69) is 23.3 Å². The Morgan fingerprint density at radius 1 is 1.22 bits per heavy atom. The van der Waals surface area contributed by atoms with Gasteiger partial charge >= 0.3 is 5.97 Å². The number of para-hydroxylation sites is 1. The highest BCUT2D eigenvalue weighted by Gasteiger charge is 2.23. The molecule has 0 unspecified atom stereocenters. The maximum Gasteiger partial charge on any atom is 0.306 e. The molecule has 27 heavy (non-hydrogen) atoms. The number of amides is 1. The number of carbonyl (C=O) groups excluding carboxylic acids is 2. The summed E-state index contributed by atoms with van der Waals surface area (Å²) >= 11 is 1.71. The monoisotopic (exact) mass is 388 g/mol. The van der Waals surface area contributed by atoms with Crippen molar-refractivity contribution >= 4 is 33.4 Å². The molecule has 0 bridgehead atoms. The molecule has 1 heterocycles. The summed E-state index contributed by atoms with van der Waals surface area (Å²) in [5, 5.41) is 4.10. The lowest BCUT2D eigenvalue weighted by Gasteiger charge is -2.29. The average molecular weight is 389 g/mol. The molecule has 0 saturated heterocycles. The molecule has 1 aliphatic rings. The van der Waals surface area contributed by atoms with Gasteiger partial charge in [-0.15, -0.1) is 11.3 Å². The van der Waals surface area contributed by atoms with Crippen LogP contribution in [-0.4, -0.2) is 29.5 Å². The zero-order valence-corrected chi connectivity index (χ0v) is 16.7. The van der Waals surface area contributed by atoms with Crippen LogP contribution in [0.15, 0.2) is 24.3 Å². The number of nitrogens with zero attached hydrogens (tertiary/aromatic N) is 1. The largest absolute Gasteiger partial charge is 0.456 e. The van der Waals surface area contributed by atoms with E-state index in [0.29, 0.717) is 12.3 Å². The summed E-state index contributed by atoms with van der Waals surface area (Å²) < 4.78 is 6.32. The van der Waals surface area contributed by atoms with Crippen molar-refractivity contribution in [2.45, 2.75) is 64.3 Å². The number of aromatic nitrogens is 1. The average Bonchev–Trinajstić information content (AvgIpc) is 3.08. The fourth-order valence-corrected chi connectivity index (χ4v) is 4.58. The first-order valence-electron chi connectivity index (χ1n) is 9.91. The molecule has 0 radical (unpaired) electrons. The number of hydrogen-bond donors (Lipinski definition) is 1. The second-order valence-corrected chi connectivity index (χ2v) is 8.49. The summed E-state index contributed by atoms with van der Waals surface area (Å²) in [4.78, 5) is 28.4. The minimum absolute atomic E-state index is 0.167. The minimum atomic E-state index is -0.300. The normalized spacial score (nSPS) is 19.7. The number of benzene rings is 1. The number of unbranched alkanes of at least 4 members (excludes halogenated alkanes) is 1. The molecule has 1 fully saturated rings. The SMILES string of the molecule is C[C@H]1CCCC[C@H]1NC(=O)COC(=O)CCCCc1nc2ccccc2s1. The molecule has 1 N–H and O–H groups in total. The van der Waals surface area contributed by atoms with Crippen molar-refractivity contribution in [3.8, 4) is 0 Å². The summed E-state index contributed by atoms with van der Waals surface area (Å²) in [5.41, 5.74) is 1.04. The Kier molecular flexibility index (Phi) is 7.21. The Labute approximate surface area is 164 Å². The smallest absolute Gasteiger partial charge is 0.306 e. The zero-order valence-electron chi connectivity index (χ0n) is 15.9. The lowest BCUT2D eigenvalue weighted by Crippen LogP contribution is -2.42. The molecule has 146 valence electrons. The van der Waals surface area contributed by atoms with Crippen LogP contribution in [0.5, 0.6) is 0 Å². The number of fused-ring (bicyclic) bond motifs is 1. The summed E-state index contributed by atoms with van der Waals surface area (Å²) in [6, 6.07) is 8.33. The van der Waals surface area contributed by atoms with E-state index in [0.717, 1.165) is 49.0 Å². The van der Waals surface area contributed by atoms with Crippen LogP contribution in [0.3, 0.4) is 0 Å². The van der Waals surface area contributed by atoms with E-state index in [1.807, 2.05) is 18.2 Å². The first kappa shape index (κ1) is 19.8. The van der Waals surface area contributed by atoms with Crippen LogP contribution in [0, 0.1) is 5.92 Å². The molecule has 1 amide bonds. The number of carbonyl (C=O) groups is 2. The Hall–Kier alpha value is -1.95. The van der Waals surface area contributed by atoms with Gasteiger partial charge in [0.15, 0.2) is 6.61 Å². The summed E-state index contributed by atoms with van der Waals surface area (Å²) in [6.45, 7) is 2.00. The van der Waals surface area contributed by atoms with E-state index in [-0.39, 0.29) is 24.5 Å². The van der Waals surface area contributed by atoms with Gasteiger partial charge in [0.1, 0.15) is 0 Å². The van der Waals surface area contributed by atoms with Crippen molar-refractivity contribution in [1.29, 1.82) is 0 Å². The molecular formula is C21H28N2O3S. The van der Waals surface area contributed by atoms with Crippen molar-refractivity contribution in [1.82, 2.24) is 10.3 Å². The van der Waals surface area contributed by atoms with Crippen LogP contribution in [-0.2, 0) is 20.7 Å². The highest BCUT2D eigenvalue weighted by atomic mass is 32.1. The number of esters is 1. The van der Waals surface area contributed by atoms with Crippen molar-refractivity contribution in [3.05, 3.63) is 29.3 Å². The van der Waals surface area contributed by atoms with E-state index in [1.165, 1.54) is 11.1 Å². The van der Waals surface area contributed by atoms with Gasteiger partial charge in [-0.05, 0) is 50.2 Å². The summed E-state index contributed by atoms with van der Waals surface area (Å²) in [6.07, 6.45) is 7.41. The van der Waals surface area contributed by atoms with Gasteiger partial charge in [-0.1, -0.05) is 31.9 Å². The standard InChI is InChI=1S/C21H28N2O3S/c1-15-8-2-3-9-16(15)22-19(24)14-26-21(25)13-7-6-12-20-23-17-10-4-5-11-18(17)27-20/h4-5,10-11,15-16H,2-3,6-9,12-14H2,1H3,(H,22,24)/t15-,16+/m0/s1. The summed E-state index contributed by atoms with van der Waals surface area (Å²) in [7, 11) is 0. The highest BCUT2D eigenvalue weighted by Crippen LogP contribution is 2.24. The topological polar surface area (TPSA) is 68.3 Å². The molecule has 1 aromatic heterocycles. The second-order valence-electron chi connectivity index (χ2n) is 7.38. The van der Waals surface area contributed by atoms with Crippen LogP contribution in [0.4, 0.5) is 0 Å². The van der Waals surface area contributed by atoms with Crippen LogP contribution in [0.25, 0.3) is 10.2 Å². The molecule has 2 aromatic rings. The lowest BCUT2D eigenvalue weighted by molar-refractivity contribution is -0.149. The molecule has 1 aromatic carbocycles. The minimum Gasteiger partial charge on any atom is -0.456 e. The molecule has 5 nitrogen and oxygen atoms in total. The maximum atomic E-state index is 12.0. The second kappa shape index (κ2) is 9.83. The Morgan fingerprint density at radius 2 is 2.04 bits per heavy atom. The van der Waals surface area contributed by atoms with Gasteiger partial charge in [0.25, 0.3) is 5.91 Å². The molecule has 1 saturated carbocycles. The van der Waals surface area contributed by atoms with Gasteiger partial charge in [-0.3, -0.25) is 9.59 Å². The first-order chi connectivity index (χ1) is 13.1.